The second-order valence-electron chi connectivity index (χ2n) is 7.88. The van der Waals surface area contributed by atoms with Crippen LogP contribution >= 0.6 is 0 Å². The number of hydrogen-bond donors (Lipinski definition) is 1. The number of nitrogens with one attached hydrogen (secondary N) is 1. The summed E-state index contributed by atoms with van der Waals surface area (Å²) in [6, 6.07) is 13.6. The number of rotatable bonds is 6. The molecule has 6 nitrogen and oxygen atoms in total. The second kappa shape index (κ2) is 7.92. The highest BCUT2D eigenvalue weighted by Crippen LogP contribution is 2.36. The Labute approximate surface area is 184 Å². The van der Waals surface area contributed by atoms with Crippen LogP contribution in [-0.2, 0) is 22.7 Å². The molecule has 32 heavy (non-hydrogen) atoms. The Morgan fingerprint density at radius 2 is 1.75 bits per heavy atom. The lowest BCUT2D eigenvalue weighted by molar-refractivity contribution is -0.122. The van der Waals surface area contributed by atoms with Gasteiger partial charge in [0.05, 0.1) is 17.5 Å². The topological polar surface area (TPSA) is 68.9 Å². The molecule has 0 bridgehead atoms. The van der Waals surface area contributed by atoms with Crippen molar-refractivity contribution in [1.29, 1.82) is 0 Å². The molecule has 1 N–H and O–H groups in total. The molecule has 0 fully saturated rings. The van der Waals surface area contributed by atoms with Crippen LogP contribution in [-0.4, -0.2) is 25.9 Å². The van der Waals surface area contributed by atoms with Gasteiger partial charge in [0.1, 0.15) is 5.82 Å². The Morgan fingerprint density at radius 1 is 0.969 bits per heavy atom. The molecule has 1 aliphatic heterocycles. The zero-order valence-corrected chi connectivity index (χ0v) is 17.5. The Hall–Kier alpha value is -4.00. The lowest BCUT2D eigenvalue weighted by atomic mass is 9.96. The fourth-order valence-corrected chi connectivity index (χ4v) is 4.29. The van der Waals surface area contributed by atoms with Crippen LogP contribution in [0.3, 0.4) is 0 Å². The van der Waals surface area contributed by atoms with Crippen molar-refractivity contribution in [2.75, 3.05) is 0 Å². The molecule has 2 aromatic heterocycles. The first-order chi connectivity index (χ1) is 15.5. The normalized spacial score (nSPS) is 13.9. The number of carbonyl (C=O) groups is 2. The minimum absolute atomic E-state index is 0.200. The average Bonchev–Trinajstić information content (AvgIpc) is 3.43. The van der Waals surface area contributed by atoms with Gasteiger partial charge in [0, 0.05) is 47.6 Å². The molecule has 2 amide bonds. The molecule has 0 atom stereocenters. The number of aromatic nitrogens is 3. The van der Waals surface area contributed by atoms with E-state index in [4.69, 9.17) is 0 Å². The van der Waals surface area contributed by atoms with Gasteiger partial charge in [0.25, 0.3) is 11.8 Å². The van der Waals surface area contributed by atoms with Crippen molar-refractivity contribution in [1.82, 2.24) is 19.4 Å². The molecule has 0 saturated heterocycles. The van der Waals surface area contributed by atoms with E-state index in [0.717, 1.165) is 36.1 Å². The first kappa shape index (κ1) is 19.9. The number of imidazole rings is 1. The van der Waals surface area contributed by atoms with E-state index in [2.05, 4.69) is 19.4 Å². The van der Waals surface area contributed by atoms with Crippen LogP contribution < -0.4 is 5.32 Å². The highest BCUT2D eigenvalue weighted by molar-refractivity contribution is 6.50. The third-order valence-corrected chi connectivity index (χ3v) is 5.82. The summed E-state index contributed by atoms with van der Waals surface area (Å²) in [6.07, 6.45) is 6.44. The summed E-state index contributed by atoms with van der Waals surface area (Å²) in [5.74, 6) is -1.44. The number of halogens is 1. The number of amides is 2. The van der Waals surface area contributed by atoms with E-state index in [0.29, 0.717) is 11.1 Å². The molecular weight excluding hydrogens is 407 g/mol. The van der Waals surface area contributed by atoms with Gasteiger partial charge in [-0.1, -0.05) is 30.3 Å². The number of benzene rings is 2. The number of imide groups is 1. The monoisotopic (exact) mass is 428 g/mol. The smallest absolute Gasteiger partial charge is 0.259 e. The Bertz CT molecular complexity index is 1400. The van der Waals surface area contributed by atoms with Crippen molar-refractivity contribution in [3.8, 4) is 0 Å². The van der Waals surface area contributed by atoms with Crippen LogP contribution in [0.5, 0.6) is 0 Å². The third kappa shape index (κ3) is 3.41. The Kier molecular flexibility index (Phi) is 4.93. The number of aryl methyl sites for hydroxylation is 3. The molecule has 0 radical (unpaired) electrons. The number of fused-ring (bicyclic) bond motifs is 1. The van der Waals surface area contributed by atoms with Gasteiger partial charge in [-0.3, -0.25) is 14.9 Å². The van der Waals surface area contributed by atoms with Crippen LogP contribution in [0.15, 0.2) is 67.3 Å². The van der Waals surface area contributed by atoms with Gasteiger partial charge in [-0.2, -0.15) is 0 Å². The molecule has 0 saturated carbocycles. The number of hydrogen-bond acceptors (Lipinski definition) is 3. The minimum atomic E-state index is -0.511. The van der Waals surface area contributed by atoms with Gasteiger partial charge in [-0.05, 0) is 37.1 Å². The first-order valence-electron chi connectivity index (χ1n) is 10.4. The highest BCUT2D eigenvalue weighted by Gasteiger charge is 2.34. The molecule has 2 aromatic carbocycles. The Morgan fingerprint density at radius 3 is 2.53 bits per heavy atom. The molecular formula is C25H21FN4O2. The average molecular weight is 428 g/mol. The fraction of sp³-hybridized carbons (Fsp3) is 0.160. The first-order valence-corrected chi connectivity index (χ1v) is 10.4. The van der Waals surface area contributed by atoms with Crippen molar-refractivity contribution < 1.29 is 14.0 Å². The summed E-state index contributed by atoms with van der Waals surface area (Å²) in [4.78, 5) is 29.6. The lowest BCUT2D eigenvalue weighted by Crippen LogP contribution is -2.22. The maximum Gasteiger partial charge on any atom is 0.259 e. The third-order valence-electron chi connectivity index (χ3n) is 5.82. The minimum Gasteiger partial charge on any atom is -0.347 e. The molecule has 160 valence electrons. The van der Waals surface area contributed by atoms with Gasteiger partial charge in [-0.15, -0.1) is 0 Å². The van der Waals surface area contributed by atoms with E-state index in [9.17, 15) is 14.0 Å². The summed E-state index contributed by atoms with van der Waals surface area (Å²) >= 11 is 0. The second-order valence-corrected chi connectivity index (χ2v) is 7.88. The van der Waals surface area contributed by atoms with Crippen molar-refractivity contribution in [3.63, 3.8) is 0 Å². The molecule has 5 rings (SSSR count). The van der Waals surface area contributed by atoms with E-state index in [1.807, 2.05) is 49.9 Å². The summed E-state index contributed by atoms with van der Waals surface area (Å²) in [6.45, 7) is 3.58. The van der Waals surface area contributed by atoms with Gasteiger partial charge >= 0.3 is 0 Å². The van der Waals surface area contributed by atoms with Crippen LogP contribution in [0.4, 0.5) is 4.39 Å². The summed E-state index contributed by atoms with van der Waals surface area (Å²) < 4.78 is 18.1. The van der Waals surface area contributed by atoms with Crippen molar-refractivity contribution in [3.05, 3.63) is 89.9 Å². The summed E-state index contributed by atoms with van der Waals surface area (Å²) in [5, 5.41) is 3.26. The van der Waals surface area contributed by atoms with Crippen LogP contribution in [0.1, 0.15) is 23.2 Å². The number of para-hydroxylation sites is 1. The molecule has 0 unspecified atom stereocenters. The molecule has 1 aliphatic rings. The van der Waals surface area contributed by atoms with Crippen LogP contribution in [0.25, 0.3) is 22.0 Å². The van der Waals surface area contributed by atoms with E-state index in [1.165, 1.54) is 18.2 Å². The van der Waals surface area contributed by atoms with Gasteiger partial charge in [-0.25, -0.2) is 9.37 Å². The quantitative estimate of drug-likeness (QED) is 0.473. The highest BCUT2D eigenvalue weighted by atomic mass is 19.1. The maximum absolute atomic E-state index is 13.9. The van der Waals surface area contributed by atoms with Crippen molar-refractivity contribution in [2.24, 2.45) is 0 Å². The molecule has 7 heteroatoms. The number of carbonyl (C=O) groups excluding carboxylic acids is 2. The van der Waals surface area contributed by atoms with Gasteiger partial charge < -0.3 is 9.13 Å². The standard InChI is InChI=1S/C25H21FN4O2/c1-16-13-27-15-30(16)11-5-10-29-14-20(19-8-2-3-9-21(19)29)23-22(24(31)28-25(23)32)17-6-4-7-18(26)12-17/h2-4,6-9,12-15H,5,10-11H2,1H3,(H,28,31,32). The van der Waals surface area contributed by atoms with Gasteiger partial charge in [0.15, 0.2) is 0 Å². The van der Waals surface area contributed by atoms with Crippen LogP contribution in [0.2, 0.25) is 0 Å². The lowest BCUT2D eigenvalue weighted by Gasteiger charge is -2.07. The number of nitrogens with zero attached hydrogens (tertiary/aromatic N) is 3. The van der Waals surface area contributed by atoms with E-state index < -0.39 is 17.6 Å². The predicted octanol–water partition coefficient (Wildman–Crippen LogP) is 3.94. The zero-order chi connectivity index (χ0) is 22.2. The summed E-state index contributed by atoms with van der Waals surface area (Å²) in [7, 11) is 0. The molecule has 0 spiro atoms. The molecule has 3 heterocycles. The van der Waals surface area contributed by atoms with Crippen molar-refractivity contribution in [2.45, 2.75) is 26.4 Å². The molecule has 4 aromatic rings. The SMILES string of the molecule is Cc1cncn1CCCn1cc(C2=C(c3cccc(F)c3)C(=O)NC2=O)c2ccccc21. The van der Waals surface area contributed by atoms with Crippen LogP contribution in [0, 0.1) is 12.7 Å². The summed E-state index contributed by atoms with van der Waals surface area (Å²) in [5.41, 5.74) is 3.61. The Balaban J connectivity index is 1.58. The zero-order valence-electron chi connectivity index (χ0n) is 17.5. The predicted molar refractivity (Wildman–Crippen MR) is 120 cm³/mol. The fourth-order valence-electron chi connectivity index (χ4n) is 4.29. The van der Waals surface area contributed by atoms with Gasteiger partial charge in [0.2, 0.25) is 0 Å². The maximum atomic E-state index is 13.9. The largest absolute Gasteiger partial charge is 0.347 e. The van der Waals surface area contributed by atoms with Crippen molar-refractivity contribution >= 4 is 33.9 Å². The van der Waals surface area contributed by atoms with E-state index in [-0.39, 0.29) is 11.1 Å². The van der Waals surface area contributed by atoms with E-state index in [1.54, 1.807) is 6.07 Å². The van der Waals surface area contributed by atoms with E-state index >= 15 is 0 Å². The molecule has 0 aliphatic carbocycles.